The number of piperidine rings is 1. The highest BCUT2D eigenvalue weighted by molar-refractivity contribution is 5.27. The molecular weight excluding hydrogens is 290 g/mol. The molecule has 1 aromatic rings. The zero-order chi connectivity index (χ0) is 16.1. The zero-order valence-electron chi connectivity index (χ0n) is 14.2. The average Bonchev–Trinajstić information content (AvgIpc) is 2.57. The summed E-state index contributed by atoms with van der Waals surface area (Å²) < 4.78 is 10.6. The number of hydrogen-bond acceptors (Lipinski definition) is 4. The largest absolute Gasteiger partial charge is 0.491 e. The molecule has 0 radical (unpaired) electrons. The molecule has 4 heteroatoms. The van der Waals surface area contributed by atoms with E-state index in [0.717, 1.165) is 38.2 Å². The second-order valence-corrected chi connectivity index (χ2v) is 7.02. The van der Waals surface area contributed by atoms with Crippen LogP contribution in [0.25, 0.3) is 0 Å². The predicted octanol–water partition coefficient (Wildman–Crippen LogP) is 2.84. The third-order valence-corrected chi connectivity index (χ3v) is 5.40. The van der Waals surface area contributed by atoms with Gasteiger partial charge in [0.05, 0.1) is 12.2 Å². The van der Waals surface area contributed by atoms with Gasteiger partial charge in [-0.05, 0) is 37.0 Å². The van der Waals surface area contributed by atoms with Gasteiger partial charge in [0.1, 0.15) is 12.4 Å². The number of aliphatic hydroxyl groups is 1. The summed E-state index contributed by atoms with van der Waals surface area (Å²) in [6.07, 6.45) is 5.57. The number of rotatable bonds is 6. The van der Waals surface area contributed by atoms with Gasteiger partial charge in [-0.2, -0.15) is 0 Å². The molecule has 0 unspecified atom stereocenters. The lowest BCUT2D eigenvalue weighted by molar-refractivity contribution is -0.0967. The summed E-state index contributed by atoms with van der Waals surface area (Å²) in [6.45, 7) is 4.19. The van der Waals surface area contributed by atoms with Crippen LogP contribution >= 0.6 is 0 Å². The quantitative estimate of drug-likeness (QED) is 0.819. The number of methoxy groups -OCH3 is 1. The van der Waals surface area contributed by atoms with Crippen molar-refractivity contribution in [3.05, 3.63) is 29.8 Å². The molecule has 128 valence electrons. The first-order valence-corrected chi connectivity index (χ1v) is 8.85. The number of benzene rings is 1. The molecule has 0 spiro atoms. The van der Waals surface area contributed by atoms with E-state index in [1.807, 2.05) is 12.1 Å². The Morgan fingerprint density at radius 3 is 2.78 bits per heavy atom. The van der Waals surface area contributed by atoms with Crippen molar-refractivity contribution in [2.24, 2.45) is 5.92 Å². The first-order chi connectivity index (χ1) is 11.2. The second-order valence-electron chi connectivity index (χ2n) is 7.02. The van der Waals surface area contributed by atoms with Crippen molar-refractivity contribution in [3.63, 3.8) is 0 Å². The van der Waals surface area contributed by atoms with E-state index in [2.05, 4.69) is 17.0 Å². The fourth-order valence-corrected chi connectivity index (χ4v) is 3.98. The SMILES string of the molecule is COCCOc1ccc(CN2CC[C@@]3(O)CCCC[C@H]3C2)cc1. The summed E-state index contributed by atoms with van der Waals surface area (Å²) in [5, 5.41) is 10.8. The molecular formula is C19H29NO3. The highest BCUT2D eigenvalue weighted by Gasteiger charge is 2.42. The van der Waals surface area contributed by atoms with Gasteiger partial charge in [0.15, 0.2) is 0 Å². The van der Waals surface area contributed by atoms with Gasteiger partial charge >= 0.3 is 0 Å². The molecule has 2 fully saturated rings. The Kier molecular flexibility index (Phi) is 5.57. The fourth-order valence-electron chi connectivity index (χ4n) is 3.98. The summed E-state index contributed by atoms with van der Waals surface area (Å²) in [5.41, 5.74) is 0.929. The van der Waals surface area contributed by atoms with Crippen molar-refractivity contribution < 1.29 is 14.6 Å². The molecule has 1 saturated carbocycles. The molecule has 3 rings (SSSR count). The molecule has 1 aliphatic heterocycles. The van der Waals surface area contributed by atoms with Gasteiger partial charge in [-0.25, -0.2) is 0 Å². The molecule has 1 heterocycles. The van der Waals surface area contributed by atoms with Crippen LogP contribution in [0.5, 0.6) is 5.75 Å². The second kappa shape index (κ2) is 7.65. The molecule has 1 aliphatic carbocycles. The van der Waals surface area contributed by atoms with E-state index in [1.54, 1.807) is 7.11 Å². The van der Waals surface area contributed by atoms with Gasteiger partial charge in [-0.15, -0.1) is 0 Å². The van der Waals surface area contributed by atoms with Crippen LogP contribution in [0, 0.1) is 5.92 Å². The van der Waals surface area contributed by atoms with E-state index in [9.17, 15) is 5.11 Å². The number of nitrogens with zero attached hydrogens (tertiary/aromatic N) is 1. The molecule has 0 aromatic heterocycles. The summed E-state index contributed by atoms with van der Waals surface area (Å²) in [6, 6.07) is 8.35. The van der Waals surface area contributed by atoms with Crippen molar-refractivity contribution in [1.82, 2.24) is 4.90 Å². The minimum Gasteiger partial charge on any atom is -0.491 e. The zero-order valence-corrected chi connectivity index (χ0v) is 14.2. The van der Waals surface area contributed by atoms with Gasteiger partial charge < -0.3 is 14.6 Å². The smallest absolute Gasteiger partial charge is 0.119 e. The monoisotopic (exact) mass is 319 g/mol. The molecule has 0 amide bonds. The third-order valence-electron chi connectivity index (χ3n) is 5.40. The van der Waals surface area contributed by atoms with Gasteiger partial charge in [0.25, 0.3) is 0 Å². The van der Waals surface area contributed by atoms with Crippen LogP contribution in [0.3, 0.4) is 0 Å². The molecule has 1 saturated heterocycles. The first-order valence-electron chi connectivity index (χ1n) is 8.85. The summed E-state index contributed by atoms with van der Waals surface area (Å²) in [5.74, 6) is 1.35. The molecule has 2 aliphatic rings. The normalized spacial score (nSPS) is 28.3. The Morgan fingerprint density at radius 2 is 2.00 bits per heavy atom. The highest BCUT2D eigenvalue weighted by atomic mass is 16.5. The van der Waals surface area contributed by atoms with Crippen LogP contribution in [-0.4, -0.2) is 49.0 Å². The standard InChI is InChI=1S/C19H29NO3/c1-22-12-13-23-18-7-5-16(6-8-18)14-20-11-10-19(21)9-3-2-4-17(19)15-20/h5-8,17,21H,2-4,9-15H2,1H3/t17-,19-/m0/s1. The van der Waals surface area contributed by atoms with E-state index in [4.69, 9.17) is 9.47 Å². The van der Waals surface area contributed by atoms with Crippen LogP contribution in [0.4, 0.5) is 0 Å². The van der Waals surface area contributed by atoms with Crippen LogP contribution in [0.2, 0.25) is 0 Å². The van der Waals surface area contributed by atoms with Crippen LogP contribution in [0.1, 0.15) is 37.7 Å². The molecule has 1 N–H and O–H groups in total. The fraction of sp³-hybridized carbons (Fsp3) is 0.684. The number of fused-ring (bicyclic) bond motifs is 1. The summed E-state index contributed by atoms with van der Waals surface area (Å²) in [4.78, 5) is 2.49. The maximum atomic E-state index is 10.8. The predicted molar refractivity (Wildman–Crippen MR) is 90.6 cm³/mol. The van der Waals surface area contributed by atoms with Crippen LogP contribution < -0.4 is 4.74 Å². The minimum absolute atomic E-state index is 0.381. The molecule has 1 aromatic carbocycles. The minimum atomic E-state index is -0.381. The van der Waals surface area contributed by atoms with Gasteiger partial charge in [0.2, 0.25) is 0 Å². The first kappa shape index (κ1) is 16.7. The van der Waals surface area contributed by atoms with Crippen molar-refractivity contribution in [1.29, 1.82) is 0 Å². The van der Waals surface area contributed by atoms with Crippen LogP contribution in [-0.2, 0) is 11.3 Å². The Hall–Kier alpha value is -1.10. The molecule has 2 atom stereocenters. The lowest BCUT2D eigenvalue weighted by Gasteiger charge is -2.47. The van der Waals surface area contributed by atoms with E-state index < -0.39 is 0 Å². The van der Waals surface area contributed by atoms with Gasteiger partial charge in [0, 0.05) is 32.7 Å². The third kappa shape index (κ3) is 4.25. The van der Waals surface area contributed by atoms with Crippen LogP contribution in [0.15, 0.2) is 24.3 Å². The van der Waals surface area contributed by atoms with E-state index in [-0.39, 0.29) is 5.60 Å². The average molecular weight is 319 g/mol. The Bertz CT molecular complexity index is 490. The van der Waals surface area contributed by atoms with Crippen molar-refractivity contribution in [2.45, 2.75) is 44.2 Å². The number of hydrogen-bond donors (Lipinski definition) is 1. The lowest BCUT2D eigenvalue weighted by atomic mass is 9.71. The molecule has 0 bridgehead atoms. The maximum Gasteiger partial charge on any atom is 0.119 e. The summed E-state index contributed by atoms with van der Waals surface area (Å²) in [7, 11) is 1.68. The van der Waals surface area contributed by atoms with Gasteiger partial charge in [-0.3, -0.25) is 4.90 Å². The Labute approximate surface area is 139 Å². The molecule has 23 heavy (non-hydrogen) atoms. The topological polar surface area (TPSA) is 41.9 Å². The van der Waals surface area contributed by atoms with E-state index in [1.165, 1.54) is 24.8 Å². The highest BCUT2D eigenvalue weighted by Crippen LogP contribution is 2.40. The van der Waals surface area contributed by atoms with Gasteiger partial charge in [-0.1, -0.05) is 25.0 Å². The van der Waals surface area contributed by atoms with Crippen molar-refractivity contribution in [2.75, 3.05) is 33.4 Å². The van der Waals surface area contributed by atoms with Crippen molar-refractivity contribution >= 4 is 0 Å². The number of likely N-dealkylation sites (tertiary alicyclic amines) is 1. The Morgan fingerprint density at radius 1 is 1.17 bits per heavy atom. The maximum absolute atomic E-state index is 10.8. The summed E-state index contributed by atoms with van der Waals surface area (Å²) >= 11 is 0. The lowest BCUT2D eigenvalue weighted by Crippen LogP contribution is -2.52. The Balaban J connectivity index is 1.51. The number of ether oxygens (including phenoxy) is 2. The van der Waals surface area contributed by atoms with E-state index in [0.29, 0.717) is 19.1 Å². The molecule has 4 nitrogen and oxygen atoms in total. The van der Waals surface area contributed by atoms with Crippen molar-refractivity contribution in [3.8, 4) is 5.75 Å². The van der Waals surface area contributed by atoms with E-state index >= 15 is 0 Å².